The monoisotopic (exact) mass is 371 g/mol. The highest BCUT2D eigenvalue weighted by Crippen LogP contribution is 2.34. The van der Waals surface area contributed by atoms with Crippen LogP contribution >= 0.6 is 0 Å². The molecule has 142 valence electrons. The van der Waals surface area contributed by atoms with Gasteiger partial charge in [-0.05, 0) is 48.6 Å². The summed E-state index contributed by atoms with van der Waals surface area (Å²) >= 11 is 0. The third kappa shape index (κ3) is 3.50. The Hall–Kier alpha value is -3.14. The molecule has 28 heavy (non-hydrogen) atoms. The molecule has 1 aliphatic rings. The van der Waals surface area contributed by atoms with Crippen LogP contribution in [0.3, 0.4) is 0 Å². The number of pyridine rings is 1. The topological polar surface area (TPSA) is 45.2 Å². The van der Waals surface area contributed by atoms with Crippen LogP contribution < -0.4 is 10.2 Å². The van der Waals surface area contributed by atoms with Gasteiger partial charge in [-0.1, -0.05) is 54.6 Å². The van der Waals surface area contributed by atoms with E-state index >= 15 is 0 Å². The molecule has 0 unspecified atom stereocenters. The van der Waals surface area contributed by atoms with Gasteiger partial charge in [-0.15, -0.1) is 0 Å². The van der Waals surface area contributed by atoms with Crippen molar-refractivity contribution in [2.75, 3.05) is 11.4 Å². The summed E-state index contributed by atoms with van der Waals surface area (Å²) in [6.07, 6.45) is 5.42. The second-order valence-electron chi connectivity index (χ2n) is 7.44. The molecule has 1 N–H and O–H groups in total. The van der Waals surface area contributed by atoms with Crippen LogP contribution in [0.5, 0.6) is 0 Å². The number of nitrogens with one attached hydrogen (secondary N) is 1. The van der Waals surface area contributed by atoms with Crippen molar-refractivity contribution in [1.82, 2.24) is 10.3 Å². The molecule has 0 bridgehead atoms. The van der Waals surface area contributed by atoms with Gasteiger partial charge in [0.05, 0.1) is 0 Å². The van der Waals surface area contributed by atoms with E-state index in [0.29, 0.717) is 6.54 Å². The van der Waals surface area contributed by atoms with Crippen molar-refractivity contribution in [3.05, 3.63) is 84.7 Å². The number of nitrogens with zero attached hydrogens (tertiary/aromatic N) is 2. The minimum atomic E-state index is -0.539. The van der Waals surface area contributed by atoms with Crippen LogP contribution in [0, 0.1) is 0 Å². The van der Waals surface area contributed by atoms with Crippen LogP contribution in [0.1, 0.15) is 25.3 Å². The molecule has 1 aromatic heterocycles. The van der Waals surface area contributed by atoms with E-state index in [0.717, 1.165) is 41.8 Å². The zero-order valence-electron chi connectivity index (χ0n) is 16.1. The number of hydrogen-bond donors (Lipinski definition) is 1. The number of anilines is 1. The summed E-state index contributed by atoms with van der Waals surface area (Å²) in [5, 5.41) is 3.20. The van der Waals surface area contributed by atoms with Crippen LogP contribution in [0.2, 0.25) is 0 Å². The fraction of sp³-hybridized carbons (Fsp3) is 0.250. The molecule has 2 aromatic carbocycles. The highest BCUT2D eigenvalue weighted by atomic mass is 16.2. The lowest BCUT2D eigenvalue weighted by Crippen LogP contribution is -2.53. The Morgan fingerprint density at radius 3 is 2.54 bits per heavy atom. The van der Waals surface area contributed by atoms with Crippen molar-refractivity contribution in [2.24, 2.45) is 0 Å². The Morgan fingerprint density at radius 2 is 1.75 bits per heavy atom. The van der Waals surface area contributed by atoms with Gasteiger partial charge in [0.25, 0.3) is 0 Å². The number of rotatable bonds is 5. The zero-order chi connectivity index (χ0) is 19.4. The van der Waals surface area contributed by atoms with E-state index in [1.165, 1.54) is 0 Å². The largest absolute Gasteiger partial charge is 0.357 e. The van der Waals surface area contributed by atoms with E-state index in [1.807, 2.05) is 49.4 Å². The molecule has 1 fully saturated rings. The summed E-state index contributed by atoms with van der Waals surface area (Å²) in [6, 6.07) is 22.5. The fourth-order valence-corrected chi connectivity index (χ4v) is 4.08. The molecular weight excluding hydrogens is 346 g/mol. The van der Waals surface area contributed by atoms with E-state index in [9.17, 15) is 4.79 Å². The van der Waals surface area contributed by atoms with Crippen LogP contribution in [-0.4, -0.2) is 23.0 Å². The van der Waals surface area contributed by atoms with Crippen molar-refractivity contribution in [2.45, 2.75) is 31.8 Å². The van der Waals surface area contributed by atoms with Crippen molar-refractivity contribution in [1.29, 1.82) is 0 Å². The molecule has 3 aromatic rings. The number of amides is 1. The lowest BCUT2D eigenvalue weighted by molar-refractivity contribution is -0.125. The first kappa shape index (κ1) is 18.2. The Bertz CT molecular complexity index is 942. The van der Waals surface area contributed by atoms with Crippen molar-refractivity contribution in [3.63, 3.8) is 0 Å². The molecule has 4 nitrogen and oxygen atoms in total. The molecule has 4 rings (SSSR count). The Labute approximate surface area is 166 Å². The summed E-state index contributed by atoms with van der Waals surface area (Å²) in [5.74, 6) is 0.0738. The SMILES string of the molecule is C[C@@]1(C(=O)NCc2ccccc2-c2ccccc2)CCCN1c1ccncc1. The minimum absolute atomic E-state index is 0.0738. The van der Waals surface area contributed by atoms with Crippen LogP contribution in [0.4, 0.5) is 5.69 Å². The third-order valence-electron chi connectivity index (χ3n) is 5.65. The molecular formula is C24H25N3O. The summed E-state index contributed by atoms with van der Waals surface area (Å²) < 4.78 is 0. The van der Waals surface area contributed by atoms with E-state index < -0.39 is 5.54 Å². The standard InChI is InChI=1S/C24H25N3O/c1-24(14-7-17-27(24)21-12-15-25-16-13-21)23(28)26-18-20-10-5-6-11-22(20)19-8-3-2-4-9-19/h2-6,8-13,15-16H,7,14,17-18H2,1H3,(H,26,28)/t24-/m0/s1. The molecule has 4 heteroatoms. The van der Waals surface area contributed by atoms with Crippen LogP contribution in [0.25, 0.3) is 11.1 Å². The molecule has 1 atom stereocenters. The van der Waals surface area contributed by atoms with Gasteiger partial charge in [0.2, 0.25) is 5.91 Å². The minimum Gasteiger partial charge on any atom is -0.357 e. The van der Waals surface area contributed by atoms with Gasteiger partial charge in [0, 0.05) is 31.2 Å². The lowest BCUT2D eigenvalue weighted by atomic mass is 9.96. The maximum Gasteiger partial charge on any atom is 0.245 e. The third-order valence-corrected chi connectivity index (χ3v) is 5.65. The predicted octanol–water partition coefficient (Wildman–Crippen LogP) is 4.42. The fourth-order valence-electron chi connectivity index (χ4n) is 4.08. The number of carbonyl (C=O) groups excluding carboxylic acids is 1. The van der Waals surface area contributed by atoms with Crippen molar-refractivity contribution >= 4 is 11.6 Å². The number of benzene rings is 2. The number of hydrogen-bond acceptors (Lipinski definition) is 3. The molecule has 2 heterocycles. The maximum absolute atomic E-state index is 13.2. The second-order valence-corrected chi connectivity index (χ2v) is 7.44. The summed E-state index contributed by atoms with van der Waals surface area (Å²) in [5.41, 5.74) is 3.96. The van der Waals surface area contributed by atoms with Gasteiger partial charge in [-0.25, -0.2) is 0 Å². The van der Waals surface area contributed by atoms with Crippen molar-refractivity contribution < 1.29 is 4.79 Å². The number of aromatic nitrogens is 1. The highest BCUT2D eigenvalue weighted by molar-refractivity contribution is 5.90. The number of carbonyl (C=O) groups is 1. The Morgan fingerprint density at radius 1 is 1.04 bits per heavy atom. The summed E-state index contributed by atoms with van der Waals surface area (Å²) in [4.78, 5) is 19.5. The maximum atomic E-state index is 13.2. The smallest absolute Gasteiger partial charge is 0.245 e. The van der Waals surface area contributed by atoms with Crippen molar-refractivity contribution in [3.8, 4) is 11.1 Å². The molecule has 0 radical (unpaired) electrons. The average molecular weight is 371 g/mol. The quantitative estimate of drug-likeness (QED) is 0.722. The Kier molecular flexibility index (Phi) is 5.11. The van der Waals surface area contributed by atoms with Gasteiger partial charge in [-0.2, -0.15) is 0 Å². The van der Waals surface area contributed by atoms with E-state index in [1.54, 1.807) is 12.4 Å². The van der Waals surface area contributed by atoms with Gasteiger partial charge in [-0.3, -0.25) is 9.78 Å². The van der Waals surface area contributed by atoms with Gasteiger partial charge < -0.3 is 10.2 Å². The van der Waals surface area contributed by atoms with Crippen LogP contribution in [-0.2, 0) is 11.3 Å². The second kappa shape index (κ2) is 7.85. The van der Waals surface area contributed by atoms with Gasteiger partial charge in [0.1, 0.15) is 5.54 Å². The normalized spacial score (nSPS) is 18.8. The molecule has 0 saturated carbocycles. The Balaban J connectivity index is 1.52. The average Bonchev–Trinajstić information content (AvgIpc) is 3.16. The summed E-state index contributed by atoms with van der Waals surface area (Å²) in [6.45, 7) is 3.44. The zero-order valence-corrected chi connectivity index (χ0v) is 16.1. The lowest BCUT2D eigenvalue weighted by Gasteiger charge is -2.35. The van der Waals surface area contributed by atoms with Gasteiger partial charge >= 0.3 is 0 Å². The molecule has 0 aliphatic carbocycles. The van der Waals surface area contributed by atoms with E-state index in [4.69, 9.17) is 0 Å². The molecule has 1 saturated heterocycles. The predicted molar refractivity (Wildman–Crippen MR) is 113 cm³/mol. The molecule has 1 amide bonds. The molecule has 1 aliphatic heterocycles. The highest BCUT2D eigenvalue weighted by Gasteiger charge is 2.43. The van der Waals surface area contributed by atoms with Crippen LogP contribution in [0.15, 0.2) is 79.1 Å². The molecule has 0 spiro atoms. The van der Waals surface area contributed by atoms with Gasteiger partial charge in [0.15, 0.2) is 0 Å². The van der Waals surface area contributed by atoms with E-state index in [-0.39, 0.29) is 5.91 Å². The first-order valence-corrected chi connectivity index (χ1v) is 9.78. The first-order valence-electron chi connectivity index (χ1n) is 9.78. The summed E-state index contributed by atoms with van der Waals surface area (Å²) in [7, 11) is 0. The van der Waals surface area contributed by atoms with E-state index in [2.05, 4.69) is 39.5 Å². The first-order chi connectivity index (χ1) is 13.7.